The van der Waals surface area contributed by atoms with Crippen molar-refractivity contribution in [2.24, 2.45) is 0 Å². The summed E-state index contributed by atoms with van der Waals surface area (Å²) >= 11 is 1.58. The van der Waals surface area contributed by atoms with Crippen LogP contribution in [0.2, 0.25) is 0 Å². The summed E-state index contributed by atoms with van der Waals surface area (Å²) < 4.78 is 5.73. The van der Waals surface area contributed by atoms with Gasteiger partial charge in [-0.25, -0.2) is 0 Å². The van der Waals surface area contributed by atoms with Gasteiger partial charge in [0.2, 0.25) is 5.78 Å². The van der Waals surface area contributed by atoms with Crippen molar-refractivity contribution < 1.29 is 9.53 Å². The molecule has 0 radical (unpaired) electrons. The molecule has 0 unspecified atom stereocenters. The molecule has 2 aromatic rings. The van der Waals surface area contributed by atoms with Gasteiger partial charge in [-0.3, -0.25) is 4.79 Å². The van der Waals surface area contributed by atoms with Gasteiger partial charge < -0.3 is 4.74 Å². The highest BCUT2D eigenvalue weighted by Crippen LogP contribution is 2.28. The average Bonchev–Trinajstić information content (AvgIpc) is 3.11. The van der Waals surface area contributed by atoms with Gasteiger partial charge in [0.25, 0.3) is 0 Å². The fourth-order valence-electron chi connectivity index (χ4n) is 1.92. The molecule has 3 rings (SSSR count). The fraction of sp³-hybridized carbons (Fsp3) is 0.312. The van der Waals surface area contributed by atoms with Crippen LogP contribution in [0, 0.1) is 0 Å². The fourth-order valence-corrected chi connectivity index (χ4v) is 2.83. The molecule has 0 amide bonds. The summed E-state index contributed by atoms with van der Waals surface area (Å²) in [7, 11) is 0. The maximum absolute atomic E-state index is 12.4. The zero-order valence-electron chi connectivity index (χ0n) is 10.9. The van der Waals surface area contributed by atoms with Crippen molar-refractivity contribution in [1.29, 1.82) is 0 Å². The van der Waals surface area contributed by atoms with E-state index in [1.807, 2.05) is 36.4 Å². The first-order valence-electron chi connectivity index (χ1n) is 6.66. The van der Waals surface area contributed by atoms with E-state index < -0.39 is 0 Å². The van der Waals surface area contributed by atoms with Crippen molar-refractivity contribution in [3.63, 3.8) is 0 Å². The molecule has 1 aliphatic carbocycles. The van der Waals surface area contributed by atoms with Crippen LogP contribution in [0.5, 0.6) is 5.75 Å². The average molecular weight is 272 g/mol. The lowest BCUT2D eigenvalue weighted by molar-refractivity contribution is 0.104. The molecule has 0 N–H and O–H groups in total. The minimum atomic E-state index is 0.0888. The van der Waals surface area contributed by atoms with E-state index in [1.165, 1.54) is 4.88 Å². The van der Waals surface area contributed by atoms with E-state index in [4.69, 9.17) is 4.74 Å². The predicted molar refractivity (Wildman–Crippen MR) is 77.2 cm³/mol. The zero-order valence-corrected chi connectivity index (χ0v) is 11.7. The van der Waals surface area contributed by atoms with Gasteiger partial charge in [0, 0.05) is 10.4 Å². The Bertz CT molecular complexity index is 596. The number of ketones is 1. The third-order valence-corrected chi connectivity index (χ3v) is 4.39. The van der Waals surface area contributed by atoms with Gasteiger partial charge in [-0.15, -0.1) is 11.3 Å². The molecular formula is C16H16O2S. The Labute approximate surface area is 117 Å². The van der Waals surface area contributed by atoms with Gasteiger partial charge in [-0.1, -0.05) is 19.1 Å². The Morgan fingerprint density at radius 2 is 2.16 bits per heavy atom. The van der Waals surface area contributed by atoms with Gasteiger partial charge >= 0.3 is 0 Å². The monoisotopic (exact) mass is 272 g/mol. The molecule has 1 saturated carbocycles. The summed E-state index contributed by atoms with van der Waals surface area (Å²) in [5.41, 5.74) is 0.711. The lowest BCUT2D eigenvalue weighted by Gasteiger charge is -2.05. The lowest BCUT2D eigenvalue weighted by atomic mass is 10.1. The first kappa shape index (κ1) is 12.4. The topological polar surface area (TPSA) is 26.3 Å². The maximum atomic E-state index is 12.4. The van der Waals surface area contributed by atoms with Crippen LogP contribution in [0.1, 0.15) is 39.9 Å². The summed E-state index contributed by atoms with van der Waals surface area (Å²) in [6.07, 6.45) is 3.59. The van der Waals surface area contributed by atoms with Gasteiger partial charge in [0.05, 0.1) is 11.0 Å². The molecule has 0 spiro atoms. The maximum Gasteiger partial charge on any atom is 0.203 e. The van der Waals surface area contributed by atoms with E-state index >= 15 is 0 Å². The summed E-state index contributed by atoms with van der Waals surface area (Å²) in [5, 5.41) is 0. The highest BCUT2D eigenvalue weighted by atomic mass is 32.1. The number of thiophene rings is 1. The minimum Gasteiger partial charge on any atom is -0.490 e. The van der Waals surface area contributed by atoms with Crippen molar-refractivity contribution in [1.82, 2.24) is 0 Å². The SMILES string of the molecule is CCc1ccc(C(=O)c2cccc(OC3CC3)c2)s1. The molecule has 0 aliphatic heterocycles. The first-order valence-corrected chi connectivity index (χ1v) is 7.48. The van der Waals surface area contributed by atoms with Gasteiger partial charge in [-0.2, -0.15) is 0 Å². The van der Waals surface area contributed by atoms with Gasteiger partial charge in [-0.05, 0) is 43.5 Å². The van der Waals surface area contributed by atoms with Crippen LogP contribution >= 0.6 is 11.3 Å². The number of aryl methyl sites for hydroxylation is 1. The third-order valence-electron chi connectivity index (χ3n) is 3.16. The van der Waals surface area contributed by atoms with Crippen molar-refractivity contribution >= 4 is 17.1 Å². The van der Waals surface area contributed by atoms with Crippen molar-refractivity contribution in [2.45, 2.75) is 32.3 Å². The second-order valence-corrected chi connectivity index (χ2v) is 5.96. The summed E-state index contributed by atoms with van der Waals surface area (Å²) in [4.78, 5) is 14.4. The second-order valence-electron chi connectivity index (χ2n) is 4.79. The molecule has 1 fully saturated rings. The number of carbonyl (C=O) groups excluding carboxylic acids is 1. The van der Waals surface area contributed by atoms with E-state index in [0.29, 0.717) is 11.7 Å². The number of hydrogen-bond acceptors (Lipinski definition) is 3. The van der Waals surface area contributed by atoms with Crippen molar-refractivity contribution in [3.8, 4) is 5.75 Å². The Morgan fingerprint density at radius 3 is 2.84 bits per heavy atom. The molecule has 0 bridgehead atoms. The smallest absolute Gasteiger partial charge is 0.203 e. The highest BCUT2D eigenvalue weighted by molar-refractivity contribution is 7.14. The van der Waals surface area contributed by atoms with Gasteiger partial charge in [0.1, 0.15) is 5.75 Å². The Hall–Kier alpha value is -1.61. The van der Waals surface area contributed by atoms with Gasteiger partial charge in [0.15, 0.2) is 0 Å². The summed E-state index contributed by atoms with van der Waals surface area (Å²) in [5.74, 6) is 0.895. The third kappa shape index (κ3) is 2.87. The number of ether oxygens (including phenoxy) is 1. The molecule has 19 heavy (non-hydrogen) atoms. The molecule has 98 valence electrons. The molecule has 1 aromatic carbocycles. The number of rotatable bonds is 5. The minimum absolute atomic E-state index is 0.0888. The summed E-state index contributed by atoms with van der Waals surface area (Å²) in [6, 6.07) is 11.5. The van der Waals surface area contributed by atoms with Crippen LogP contribution in [-0.4, -0.2) is 11.9 Å². The van der Waals surface area contributed by atoms with E-state index in [0.717, 1.165) is 29.9 Å². The highest BCUT2D eigenvalue weighted by Gasteiger charge is 2.23. The molecule has 0 saturated heterocycles. The van der Waals surface area contributed by atoms with E-state index in [9.17, 15) is 4.79 Å². The molecule has 1 aliphatic rings. The number of carbonyl (C=O) groups is 1. The number of hydrogen-bond donors (Lipinski definition) is 0. The van der Waals surface area contributed by atoms with Crippen LogP contribution in [-0.2, 0) is 6.42 Å². The Kier molecular flexibility index (Phi) is 3.38. The normalized spacial score (nSPS) is 14.4. The second kappa shape index (κ2) is 5.17. The van der Waals surface area contributed by atoms with E-state index in [-0.39, 0.29) is 5.78 Å². The predicted octanol–water partition coefficient (Wildman–Crippen LogP) is 4.08. The van der Waals surface area contributed by atoms with Crippen LogP contribution in [0.4, 0.5) is 0 Å². The summed E-state index contributed by atoms with van der Waals surface area (Å²) in [6.45, 7) is 2.10. The van der Waals surface area contributed by atoms with Crippen LogP contribution in [0.3, 0.4) is 0 Å². The Balaban J connectivity index is 1.81. The first-order chi connectivity index (χ1) is 9.26. The van der Waals surface area contributed by atoms with Crippen molar-refractivity contribution in [2.75, 3.05) is 0 Å². The molecule has 1 heterocycles. The molecule has 1 aromatic heterocycles. The van der Waals surface area contributed by atoms with Crippen LogP contribution < -0.4 is 4.74 Å². The van der Waals surface area contributed by atoms with E-state index in [2.05, 4.69) is 6.92 Å². The Morgan fingerprint density at radius 1 is 1.32 bits per heavy atom. The quantitative estimate of drug-likeness (QED) is 0.766. The van der Waals surface area contributed by atoms with E-state index in [1.54, 1.807) is 11.3 Å². The largest absolute Gasteiger partial charge is 0.490 e. The molecular weight excluding hydrogens is 256 g/mol. The lowest BCUT2D eigenvalue weighted by Crippen LogP contribution is -2.01. The molecule has 2 nitrogen and oxygen atoms in total. The zero-order chi connectivity index (χ0) is 13.2. The van der Waals surface area contributed by atoms with Crippen molar-refractivity contribution in [3.05, 3.63) is 51.7 Å². The molecule has 0 atom stereocenters. The standard InChI is InChI=1S/C16H16O2S/c1-2-14-8-9-15(19-14)16(17)11-4-3-5-13(10-11)18-12-6-7-12/h3-5,8-10,12H,2,6-7H2,1H3. The number of benzene rings is 1. The van der Waals surface area contributed by atoms with Crippen LogP contribution in [0.15, 0.2) is 36.4 Å². The molecule has 3 heteroatoms. The van der Waals surface area contributed by atoms with Crippen LogP contribution in [0.25, 0.3) is 0 Å².